The van der Waals surface area contributed by atoms with Crippen LogP contribution in [0.2, 0.25) is 0 Å². The molecule has 2 unspecified atom stereocenters. The smallest absolute Gasteiger partial charge is 0.273 e. The predicted molar refractivity (Wildman–Crippen MR) is 90.1 cm³/mol. The van der Waals surface area contributed by atoms with E-state index in [9.17, 15) is 8.42 Å². The van der Waals surface area contributed by atoms with Crippen LogP contribution < -0.4 is 0 Å². The van der Waals surface area contributed by atoms with Crippen LogP contribution in [-0.2, 0) is 14.3 Å². The van der Waals surface area contributed by atoms with Gasteiger partial charge in [0.15, 0.2) is 4.75 Å². The van der Waals surface area contributed by atoms with Gasteiger partial charge in [-0.2, -0.15) is 8.42 Å². The van der Waals surface area contributed by atoms with Crippen molar-refractivity contribution in [2.24, 2.45) is 5.41 Å². The van der Waals surface area contributed by atoms with Gasteiger partial charge in [0.05, 0.1) is 7.11 Å². The number of hydrogen-bond donors (Lipinski definition) is 0. The molecule has 23 heavy (non-hydrogen) atoms. The lowest BCUT2D eigenvalue weighted by Crippen LogP contribution is -2.59. The van der Waals surface area contributed by atoms with Crippen LogP contribution in [0.1, 0.15) is 67.7 Å². The van der Waals surface area contributed by atoms with Crippen LogP contribution >= 0.6 is 0 Å². The topological polar surface area (TPSA) is 43.4 Å². The van der Waals surface area contributed by atoms with E-state index in [0.29, 0.717) is 5.57 Å². The summed E-state index contributed by atoms with van der Waals surface area (Å²) in [7, 11) is -3.48. The fraction of sp³-hybridized carbons (Fsp3) is 0.824. The summed E-state index contributed by atoms with van der Waals surface area (Å²) in [4.78, 5) is 0. The van der Waals surface area contributed by atoms with Crippen molar-refractivity contribution in [1.29, 1.82) is 0 Å². The summed E-state index contributed by atoms with van der Waals surface area (Å²) < 4.78 is 57.4. The highest BCUT2D eigenvalue weighted by Crippen LogP contribution is 2.54. The molecule has 0 rings (SSSR count). The average Bonchev–Trinajstić information content (AvgIpc) is 2.44. The number of allylic oxidation sites excluding steroid dienone is 1. The van der Waals surface area contributed by atoms with Gasteiger partial charge < -0.3 is 0 Å². The zero-order chi connectivity index (χ0) is 18.7. The van der Waals surface area contributed by atoms with Crippen LogP contribution in [-0.4, -0.2) is 26.2 Å². The molecule has 0 aliphatic rings. The van der Waals surface area contributed by atoms with E-state index in [4.69, 9.17) is 0 Å². The van der Waals surface area contributed by atoms with E-state index in [-0.39, 0.29) is 19.3 Å². The Bertz CT molecular complexity index is 585. The first-order valence-electron chi connectivity index (χ1n) is 7.82. The van der Waals surface area contributed by atoms with Gasteiger partial charge in [0.1, 0.15) is 0 Å². The second kappa shape index (κ2) is 7.45. The van der Waals surface area contributed by atoms with E-state index >= 15 is 8.78 Å². The first-order chi connectivity index (χ1) is 10.2. The largest absolute Gasteiger partial charge is 0.278 e. The zero-order valence-corrected chi connectivity index (χ0v) is 16.3. The van der Waals surface area contributed by atoms with Crippen LogP contribution in [0, 0.1) is 5.41 Å². The summed E-state index contributed by atoms with van der Waals surface area (Å²) >= 11 is 0. The van der Waals surface area contributed by atoms with Crippen molar-refractivity contribution < 1.29 is 21.4 Å². The van der Waals surface area contributed by atoms with Crippen LogP contribution in [0.4, 0.5) is 8.78 Å². The third-order valence-corrected chi connectivity index (χ3v) is 6.85. The average molecular weight is 352 g/mol. The molecule has 6 heteroatoms. The van der Waals surface area contributed by atoms with Crippen LogP contribution in [0.5, 0.6) is 0 Å². The maximum atomic E-state index is 15.4. The van der Waals surface area contributed by atoms with Crippen molar-refractivity contribution in [3.8, 4) is 0 Å². The minimum Gasteiger partial charge on any atom is -0.273 e. The quantitative estimate of drug-likeness (QED) is 0.452. The Kier molecular flexibility index (Phi) is 7.22. The van der Waals surface area contributed by atoms with Gasteiger partial charge in [0.25, 0.3) is 16.0 Å². The minimum absolute atomic E-state index is 0.0660. The maximum absolute atomic E-state index is 15.4. The molecular formula is C17H30F2O3S. The number of rotatable bonds is 8. The van der Waals surface area contributed by atoms with Gasteiger partial charge >= 0.3 is 0 Å². The van der Waals surface area contributed by atoms with Gasteiger partial charge in [0.2, 0.25) is 0 Å². The summed E-state index contributed by atoms with van der Waals surface area (Å²) in [5, 5.41) is 0. The standard InChI is InChI=1S/C17H30F2O3S/c1-9-15(6,12-14(5)11-13(3)4)17(18,19)16(7,10-2)23(20,21)22-8/h9-10,12H2,1-8H3. The second-order valence-electron chi connectivity index (χ2n) is 6.78. The number of halogens is 2. The summed E-state index contributed by atoms with van der Waals surface area (Å²) in [5.41, 5.74) is 3.11. The van der Waals surface area contributed by atoms with E-state index in [1.807, 2.05) is 13.8 Å². The number of hydrogen-bond acceptors (Lipinski definition) is 3. The fourth-order valence-electron chi connectivity index (χ4n) is 2.89. The van der Waals surface area contributed by atoms with Crippen molar-refractivity contribution in [2.45, 2.75) is 78.4 Å². The van der Waals surface area contributed by atoms with Gasteiger partial charge in [0, 0.05) is 5.41 Å². The lowest BCUT2D eigenvalue weighted by molar-refractivity contribution is -0.145. The first kappa shape index (κ1) is 22.3. The summed E-state index contributed by atoms with van der Waals surface area (Å²) in [6.07, 6.45) is -0.0374. The third-order valence-electron chi connectivity index (χ3n) is 4.77. The monoisotopic (exact) mass is 352 g/mol. The lowest BCUT2D eigenvalue weighted by atomic mass is 9.70. The summed E-state index contributed by atoms with van der Waals surface area (Å²) in [5.74, 6) is -3.47. The molecule has 0 heterocycles. The van der Waals surface area contributed by atoms with Crippen molar-refractivity contribution in [1.82, 2.24) is 0 Å². The molecule has 0 bridgehead atoms. The fourth-order valence-corrected chi connectivity index (χ4v) is 4.17. The normalized spacial score (nSPS) is 17.8. The molecule has 0 saturated heterocycles. The maximum Gasteiger partial charge on any atom is 0.278 e. The molecule has 0 saturated carbocycles. The molecule has 0 aliphatic carbocycles. The Balaban J connectivity index is 6.24. The van der Waals surface area contributed by atoms with Crippen molar-refractivity contribution >= 4 is 10.1 Å². The lowest BCUT2D eigenvalue weighted by Gasteiger charge is -2.46. The van der Waals surface area contributed by atoms with Gasteiger partial charge in [-0.05, 0) is 58.1 Å². The number of alkyl halides is 2. The first-order valence-corrected chi connectivity index (χ1v) is 9.23. The molecule has 136 valence electrons. The second-order valence-corrected chi connectivity index (χ2v) is 8.92. The van der Waals surface area contributed by atoms with Crippen LogP contribution in [0.3, 0.4) is 0 Å². The van der Waals surface area contributed by atoms with Crippen molar-refractivity contribution in [2.75, 3.05) is 7.11 Å². The Morgan fingerprint density at radius 2 is 1.57 bits per heavy atom. The van der Waals surface area contributed by atoms with Crippen LogP contribution in [0.25, 0.3) is 0 Å². The highest BCUT2D eigenvalue weighted by atomic mass is 32.2. The van der Waals surface area contributed by atoms with E-state index in [2.05, 4.69) is 9.91 Å². The van der Waals surface area contributed by atoms with Crippen molar-refractivity contribution in [3.05, 3.63) is 16.9 Å². The van der Waals surface area contributed by atoms with Crippen molar-refractivity contribution in [3.63, 3.8) is 0 Å². The molecule has 3 nitrogen and oxygen atoms in total. The molecule has 0 radical (unpaired) electrons. The highest BCUT2D eigenvalue weighted by molar-refractivity contribution is 7.88. The van der Waals surface area contributed by atoms with Gasteiger partial charge in [-0.15, -0.1) is 5.73 Å². The minimum atomic E-state index is -4.40. The van der Waals surface area contributed by atoms with E-state index < -0.39 is 26.2 Å². The van der Waals surface area contributed by atoms with Gasteiger partial charge in [-0.1, -0.05) is 20.8 Å². The van der Waals surface area contributed by atoms with E-state index in [1.165, 1.54) is 13.8 Å². The molecule has 0 aromatic carbocycles. The summed E-state index contributed by atoms with van der Waals surface area (Å²) in [6, 6.07) is 0. The molecule has 2 atom stereocenters. The molecular weight excluding hydrogens is 322 g/mol. The molecule has 0 fully saturated rings. The highest BCUT2D eigenvalue weighted by Gasteiger charge is 2.66. The Hall–Kier alpha value is -0.710. The zero-order valence-electron chi connectivity index (χ0n) is 15.5. The summed E-state index contributed by atoms with van der Waals surface area (Å²) in [6.45, 7) is 11.0. The SMILES string of the molecule is CCC(C)(CC(C)=C=C(C)C)C(F)(F)C(C)(CC)S(=O)(=O)OC. The van der Waals surface area contributed by atoms with Gasteiger partial charge in [-0.25, -0.2) is 8.78 Å². The van der Waals surface area contributed by atoms with Crippen LogP contribution in [0.15, 0.2) is 16.9 Å². The Morgan fingerprint density at radius 1 is 1.09 bits per heavy atom. The molecule has 0 aromatic rings. The van der Waals surface area contributed by atoms with Gasteiger partial charge in [-0.3, -0.25) is 4.18 Å². The third kappa shape index (κ3) is 4.04. The molecule has 0 spiro atoms. The molecule has 0 N–H and O–H groups in total. The predicted octanol–water partition coefficient (Wildman–Crippen LogP) is 5.08. The van der Waals surface area contributed by atoms with E-state index in [1.54, 1.807) is 13.8 Å². The molecule has 0 aromatic heterocycles. The molecule has 0 aliphatic heterocycles. The molecule has 0 amide bonds. The Morgan fingerprint density at radius 3 is 1.87 bits per heavy atom. The Labute approximate surface area is 139 Å². The van der Waals surface area contributed by atoms with E-state index in [0.717, 1.165) is 19.6 Å².